The van der Waals surface area contributed by atoms with Crippen LogP contribution in [0.1, 0.15) is 40.4 Å². The molecule has 0 spiro atoms. The van der Waals surface area contributed by atoms with Crippen LogP contribution in [0.5, 0.6) is 11.6 Å². The molecule has 0 unspecified atom stereocenters. The predicted molar refractivity (Wildman–Crippen MR) is 95.9 cm³/mol. The first-order valence-corrected chi connectivity index (χ1v) is 8.20. The third kappa shape index (κ3) is 4.43. The number of methoxy groups -OCH3 is 2. The molecule has 2 N–H and O–H groups in total. The van der Waals surface area contributed by atoms with Crippen molar-refractivity contribution in [1.82, 2.24) is 10.3 Å². The maximum absolute atomic E-state index is 12.4. The minimum absolute atomic E-state index is 0.0466. The molecule has 0 radical (unpaired) electrons. The van der Waals surface area contributed by atoms with E-state index in [1.165, 1.54) is 26.4 Å². The smallest absolute Gasteiger partial charge is 0.409 e. The van der Waals surface area contributed by atoms with Gasteiger partial charge in [-0.25, -0.2) is 0 Å². The molecule has 0 aliphatic heterocycles. The van der Waals surface area contributed by atoms with Crippen LogP contribution in [0.15, 0.2) is 29.1 Å². The third-order valence-corrected chi connectivity index (χ3v) is 3.73. The molecule has 0 aliphatic carbocycles. The fourth-order valence-corrected chi connectivity index (χ4v) is 2.46. The number of carbonyl (C=O) groups excluding carboxylic acids is 2. The minimum Gasteiger partial charge on any atom is -0.616 e. The van der Waals surface area contributed by atoms with Crippen molar-refractivity contribution in [1.29, 1.82) is 0 Å². The van der Waals surface area contributed by atoms with Crippen molar-refractivity contribution in [3.8, 4) is 11.6 Å². The van der Waals surface area contributed by atoms with E-state index in [0.29, 0.717) is 5.75 Å². The lowest BCUT2D eigenvalue weighted by atomic mass is 10.1. The van der Waals surface area contributed by atoms with Crippen molar-refractivity contribution >= 4 is 11.8 Å². The van der Waals surface area contributed by atoms with Crippen LogP contribution in [0.2, 0.25) is 0 Å². The Morgan fingerprint density at radius 2 is 1.93 bits per heavy atom. The maximum atomic E-state index is 12.4. The number of nitrogens with one attached hydrogen (secondary N) is 2. The second-order valence-electron chi connectivity index (χ2n) is 6.19. The van der Waals surface area contributed by atoms with E-state index in [0.717, 1.165) is 0 Å². The SMILES string of the molecule is COc1cccc(C(=O)NC(=O)c2[nH]c(=O)c(CC(C)C)[n+]([O-])c2OC)c1. The van der Waals surface area contributed by atoms with Gasteiger partial charge in [0.25, 0.3) is 17.5 Å². The third-order valence-electron chi connectivity index (χ3n) is 3.73. The van der Waals surface area contributed by atoms with Gasteiger partial charge < -0.3 is 19.7 Å². The summed E-state index contributed by atoms with van der Waals surface area (Å²) < 4.78 is 10.3. The van der Waals surface area contributed by atoms with Crippen LogP contribution in [0, 0.1) is 11.1 Å². The van der Waals surface area contributed by atoms with Crippen LogP contribution in [-0.2, 0) is 6.42 Å². The van der Waals surface area contributed by atoms with Crippen molar-refractivity contribution in [2.24, 2.45) is 5.92 Å². The Balaban J connectivity index is 2.35. The lowest BCUT2D eigenvalue weighted by Crippen LogP contribution is -2.45. The molecule has 0 aliphatic rings. The van der Waals surface area contributed by atoms with Gasteiger partial charge in [0.1, 0.15) is 5.75 Å². The van der Waals surface area contributed by atoms with Gasteiger partial charge in [-0.05, 0) is 24.1 Å². The van der Waals surface area contributed by atoms with Gasteiger partial charge in [-0.1, -0.05) is 19.9 Å². The topological polar surface area (TPSA) is 124 Å². The number of amides is 2. The minimum atomic E-state index is -0.961. The van der Waals surface area contributed by atoms with Crippen LogP contribution >= 0.6 is 0 Å². The van der Waals surface area contributed by atoms with Crippen molar-refractivity contribution < 1.29 is 23.8 Å². The summed E-state index contributed by atoms with van der Waals surface area (Å²) >= 11 is 0. The summed E-state index contributed by atoms with van der Waals surface area (Å²) in [5, 5.41) is 14.5. The summed E-state index contributed by atoms with van der Waals surface area (Å²) in [6, 6.07) is 6.17. The second kappa shape index (κ2) is 8.35. The largest absolute Gasteiger partial charge is 0.616 e. The molecular formula is C18H21N3O6. The van der Waals surface area contributed by atoms with Gasteiger partial charge in [-0.3, -0.25) is 19.7 Å². The number of H-pyrrole nitrogens is 1. The van der Waals surface area contributed by atoms with Gasteiger partial charge in [0.15, 0.2) is 0 Å². The number of hydrogen-bond donors (Lipinski definition) is 2. The summed E-state index contributed by atoms with van der Waals surface area (Å²) in [7, 11) is 2.64. The Labute approximate surface area is 155 Å². The van der Waals surface area contributed by atoms with Gasteiger partial charge in [0.05, 0.1) is 14.2 Å². The van der Waals surface area contributed by atoms with Gasteiger partial charge in [0.2, 0.25) is 5.69 Å². The number of ether oxygens (including phenoxy) is 2. The Morgan fingerprint density at radius 3 is 2.52 bits per heavy atom. The Bertz CT molecular complexity index is 920. The van der Waals surface area contributed by atoms with Crippen LogP contribution in [-0.4, -0.2) is 31.0 Å². The number of carbonyl (C=O) groups is 2. The van der Waals surface area contributed by atoms with E-state index < -0.39 is 23.1 Å². The Morgan fingerprint density at radius 1 is 1.22 bits per heavy atom. The highest BCUT2D eigenvalue weighted by atomic mass is 16.5. The van der Waals surface area contributed by atoms with E-state index in [9.17, 15) is 19.6 Å². The first-order chi connectivity index (χ1) is 12.8. The van der Waals surface area contributed by atoms with Crippen molar-refractivity contribution in [2.45, 2.75) is 20.3 Å². The molecule has 2 aromatic rings. The van der Waals surface area contributed by atoms with E-state index in [2.05, 4.69) is 10.3 Å². The summed E-state index contributed by atoms with van der Waals surface area (Å²) in [6.45, 7) is 3.69. The normalized spacial score (nSPS) is 10.6. The van der Waals surface area contributed by atoms with Crippen molar-refractivity contribution in [2.75, 3.05) is 14.2 Å². The summed E-state index contributed by atoms with van der Waals surface area (Å²) in [5.41, 5.74) is -1.03. The lowest BCUT2D eigenvalue weighted by molar-refractivity contribution is -0.622. The molecule has 1 heterocycles. The molecule has 0 saturated heterocycles. The molecule has 9 nitrogen and oxygen atoms in total. The summed E-state index contributed by atoms with van der Waals surface area (Å²) in [6.07, 6.45) is 0.208. The molecule has 9 heteroatoms. The molecule has 0 bridgehead atoms. The number of hydrogen-bond acceptors (Lipinski definition) is 6. The zero-order valence-corrected chi connectivity index (χ0v) is 15.5. The van der Waals surface area contributed by atoms with Crippen LogP contribution < -0.4 is 25.1 Å². The molecule has 2 amide bonds. The molecule has 27 heavy (non-hydrogen) atoms. The highest BCUT2D eigenvalue weighted by Crippen LogP contribution is 2.14. The average molecular weight is 375 g/mol. The molecule has 1 aromatic heterocycles. The molecule has 0 saturated carbocycles. The van der Waals surface area contributed by atoms with Gasteiger partial charge >= 0.3 is 11.4 Å². The fraction of sp³-hybridized carbons (Fsp3) is 0.333. The number of benzene rings is 1. The molecule has 2 rings (SSSR count). The van der Waals surface area contributed by atoms with Crippen LogP contribution in [0.3, 0.4) is 0 Å². The standard InChI is InChI=1S/C18H21N3O6/c1-10(2)8-13-16(23)19-14(18(27-4)21(13)25)17(24)20-15(22)11-6-5-7-12(9-11)26-3/h5-7,9-10H,8H2,1-4H3,(H,19,23)(H,20,22,24). The molecule has 144 valence electrons. The van der Waals surface area contributed by atoms with Gasteiger partial charge in [-0.15, -0.1) is 4.73 Å². The molecular weight excluding hydrogens is 354 g/mol. The van der Waals surface area contributed by atoms with E-state index in [1.807, 2.05) is 13.8 Å². The zero-order valence-electron chi connectivity index (χ0n) is 15.5. The Hall–Kier alpha value is -3.36. The highest BCUT2D eigenvalue weighted by Gasteiger charge is 2.28. The quantitative estimate of drug-likeness (QED) is 0.437. The van der Waals surface area contributed by atoms with Gasteiger partial charge in [0, 0.05) is 12.0 Å². The molecule has 0 atom stereocenters. The lowest BCUT2D eigenvalue weighted by Gasteiger charge is -2.12. The summed E-state index contributed by atoms with van der Waals surface area (Å²) in [5.74, 6) is -1.58. The number of aromatic nitrogens is 2. The number of rotatable bonds is 6. The molecule has 0 fully saturated rings. The van der Waals surface area contributed by atoms with Crippen molar-refractivity contribution in [3.63, 3.8) is 0 Å². The number of nitrogens with zero attached hydrogens (tertiary/aromatic N) is 1. The second-order valence-corrected chi connectivity index (χ2v) is 6.19. The monoisotopic (exact) mass is 375 g/mol. The Kier molecular flexibility index (Phi) is 6.17. The van der Waals surface area contributed by atoms with E-state index in [4.69, 9.17) is 9.47 Å². The van der Waals surface area contributed by atoms with Crippen LogP contribution in [0.25, 0.3) is 0 Å². The predicted octanol–water partition coefficient (Wildman–Crippen LogP) is 0.794. The average Bonchev–Trinajstić information content (AvgIpc) is 2.64. The van der Waals surface area contributed by atoms with E-state index in [-0.39, 0.29) is 34.2 Å². The highest BCUT2D eigenvalue weighted by molar-refractivity contribution is 6.10. The number of aromatic amines is 1. The van der Waals surface area contributed by atoms with E-state index >= 15 is 0 Å². The first-order valence-electron chi connectivity index (χ1n) is 8.20. The van der Waals surface area contributed by atoms with Crippen LogP contribution in [0.4, 0.5) is 0 Å². The first kappa shape index (κ1) is 20.0. The number of imide groups is 1. The zero-order chi connectivity index (χ0) is 20.1. The summed E-state index contributed by atoms with van der Waals surface area (Å²) in [4.78, 5) is 39.2. The van der Waals surface area contributed by atoms with Gasteiger partial charge in [-0.2, -0.15) is 0 Å². The maximum Gasteiger partial charge on any atom is 0.409 e. The fourth-order valence-electron chi connectivity index (χ4n) is 2.46. The molecule has 1 aromatic carbocycles. The van der Waals surface area contributed by atoms with E-state index in [1.54, 1.807) is 12.1 Å². The van der Waals surface area contributed by atoms with Crippen molar-refractivity contribution in [3.05, 3.63) is 56.8 Å².